The predicted molar refractivity (Wildman–Crippen MR) is 105 cm³/mol. The van der Waals surface area contributed by atoms with Crippen LogP contribution in [0.25, 0.3) is 10.8 Å². The molecule has 1 saturated carbocycles. The van der Waals surface area contributed by atoms with Gasteiger partial charge in [-0.3, -0.25) is 4.72 Å². The van der Waals surface area contributed by atoms with Crippen LogP contribution in [0.1, 0.15) is 31.1 Å². The minimum absolute atomic E-state index is 0.146. The first-order valence-corrected chi connectivity index (χ1v) is 11.0. The molecule has 1 aromatic carbocycles. The molecule has 148 valence electrons. The van der Waals surface area contributed by atoms with Crippen LogP contribution in [0.2, 0.25) is 0 Å². The van der Waals surface area contributed by atoms with E-state index < -0.39 is 10.0 Å². The van der Waals surface area contributed by atoms with Crippen molar-refractivity contribution in [1.29, 1.82) is 0 Å². The second-order valence-corrected chi connectivity index (χ2v) is 9.39. The number of anilines is 1. The van der Waals surface area contributed by atoms with E-state index in [-0.39, 0.29) is 4.21 Å². The lowest BCUT2D eigenvalue weighted by Crippen LogP contribution is -2.11. The zero-order chi connectivity index (χ0) is 19.7. The highest BCUT2D eigenvalue weighted by atomic mass is 32.2. The Morgan fingerprint density at radius 3 is 2.43 bits per heavy atom. The van der Waals surface area contributed by atoms with E-state index in [4.69, 9.17) is 13.9 Å². The molecule has 0 saturated heterocycles. The van der Waals surface area contributed by atoms with Crippen molar-refractivity contribution in [2.24, 2.45) is 0 Å². The van der Waals surface area contributed by atoms with E-state index in [9.17, 15) is 8.42 Å². The van der Waals surface area contributed by atoms with Crippen LogP contribution in [0, 0.1) is 0 Å². The maximum atomic E-state index is 12.8. The molecule has 2 heterocycles. The lowest BCUT2D eigenvalue weighted by Gasteiger charge is -2.20. The first kappa shape index (κ1) is 18.8. The summed E-state index contributed by atoms with van der Waals surface area (Å²) in [5.41, 5.74) is 0.344. The smallest absolute Gasteiger partial charge is 0.271 e. The monoisotopic (exact) mass is 421 g/mol. The molecule has 1 fully saturated rings. The molecule has 1 aliphatic carbocycles. The number of hydrogen-bond donors (Lipinski definition) is 1. The van der Waals surface area contributed by atoms with Gasteiger partial charge in [0, 0.05) is 24.1 Å². The van der Waals surface area contributed by atoms with Gasteiger partial charge in [-0.15, -0.1) is 21.5 Å². The quantitative estimate of drug-likeness (QED) is 0.617. The van der Waals surface area contributed by atoms with Gasteiger partial charge in [0.05, 0.1) is 24.8 Å². The van der Waals surface area contributed by atoms with Crippen molar-refractivity contribution in [2.45, 2.75) is 29.4 Å². The van der Waals surface area contributed by atoms with E-state index in [1.807, 2.05) is 0 Å². The van der Waals surface area contributed by atoms with Gasteiger partial charge >= 0.3 is 0 Å². The number of ether oxygens (including phenoxy) is 2. The van der Waals surface area contributed by atoms with Gasteiger partial charge in [0.1, 0.15) is 15.7 Å². The number of aromatic nitrogens is 2. The Balaban J connectivity index is 1.56. The standard InChI is InChI=1S/C18H19N3O5S2/c1-24-13-8-12(9-14(10-13)25-2)21-28(22,23)16-7-6-15(27-16)18-20-19-17(26-18)11-4-3-5-11/h6-11,21H,3-5H2,1-2H3. The highest BCUT2D eigenvalue weighted by Crippen LogP contribution is 2.38. The molecule has 3 aromatic rings. The average Bonchev–Trinajstić information content (AvgIpc) is 3.29. The van der Waals surface area contributed by atoms with Gasteiger partial charge in [-0.05, 0) is 25.0 Å². The first-order chi connectivity index (χ1) is 13.5. The fourth-order valence-electron chi connectivity index (χ4n) is 2.81. The van der Waals surface area contributed by atoms with Crippen molar-refractivity contribution in [2.75, 3.05) is 18.9 Å². The summed E-state index contributed by atoms with van der Waals surface area (Å²) < 4.78 is 44.3. The maximum absolute atomic E-state index is 12.8. The third kappa shape index (κ3) is 3.69. The van der Waals surface area contributed by atoms with Crippen LogP contribution >= 0.6 is 11.3 Å². The van der Waals surface area contributed by atoms with Gasteiger partial charge in [0.25, 0.3) is 15.9 Å². The molecular formula is C18H19N3O5S2. The average molecular weight is 422 g/mol. The molecule has 0 spiro atoms. The molecule has 0 radical (unpaired) electrons. The summed E-state index contributed by atoms with van der Waals surface area (Å²) in [6.07, 6.45) is 3.28. The van der Waals surface area contributed by atoms with E-state index in [0.29, 0.717) is 39.8 Å². The van der Waals surface area contributed by atoms with E-state index in [1.165, 1.54) is 26.7 Å². The summed E-state index contributed by atoms with van der Waals surface area (Å²) in [5.74, 6) is 2.27. The highest BCUT2D eigenvalue weighted by Gasteiger charge is 2.26. The second-order valence-electron chi connectivity index (χ2n) is 6.40. The Morgan fingerprint density at radius 1 is 1.11 bits per heavy atom. The molecule has 0 atom stereocenters. The van der Waals surface area contributed by atoms with E-state index >= 15 is 0 Å². The summed E-state index contributed by atoms with van der Waals surface area (Å²) in [7, 11) is -0.784. The molecule has 1 aliphatic rings. The summed E-state index contributed by atoms with van der Waals surface area (Å²) in [6.45, 7) is 0. The van der Waals surface area contributed by atoms with Gasteiger partial charge in [0.2, 0.25) is 5.89 Å². The molecule has 0 bridgehead atoms. The zero-order valence-corrected chi connectivity index (χ0v) is 17.0. The zero-order valence-electron chi connectivity index (χ0n) is 15.3. The molecule has 28 heavy (non-hydrogen) atoms. The third-order valence-electron chi connectivity index (χ3n) is 4.56. The van der Waals surface area contributed by atoms with E-state index in [0.717, 1.165) is 24.2 Å². The van der Waals surface area contributed by atoms with Gasteiger partial charge in [-0.2, -0.15) is 0 Å². The Bertz CT molecular complexity index is 1060. The number of hydrogen-bond acceptors (Lipinski definition) is 8. The molecule has 0 aliphatic heterocycles. The normalized spacial score (nSPS) is 14.5. The van der Waals surface area contributed by atoms with Crippen molar-refractivity contribution in [3.8, 4) is 22.3 Å². The lowest BCUT2D eigenvalue weighted by molar-refractivity contribution is 0.338. The number of methoxy groups -OCH3 is 2. The Morgan fingerprint density at radius 2 is 1.82 bits per heavy atom. The molecule has 8 nitrogen and oxygen atoms in total. The molecule has 0 unspecified atom stereocenters. The Labute approximate surface area is 166 Å². The van der Waals surface area contributed by atoms with Crippen LogP contribution in [-0.2, 0) is 10.0 Å². The number of thiophene rings is 1. The van der Waals surface area contributed by atoms with Crippen molar-refractivity contribution in [1.82, 2.24) is 10.2 Å². The topological polar surface area (TPSA) is 104 Å². The van der Waals surface area contributed by atoms with E-state index in [2.05, 4.69) is 14.9 Å². The SMILES string of the molecule is COc1cc(NS(=O)(=O)c2ccc(-c3nnc(C4CCC4)o3)s2)cc(OC)c1. The minimum atomic E-state index is -3.79. The van der Waals surface area contributed by atoms with Crippen LogP contribution in [0.5, 0.6) is 11.5 Å². The molecule has 0 amide bonds. The van der Waals surface area contributed by atoms with Crippen molar-refractivity contribution < 1.29 is 22.3 Å². The van der Waals surface area contributed by atoms with Gasteiger partial charge in [-0.1, -0.05) is 6.42 Å². The fraction of sp³-hybridized carbons (Fsp3) is 0.333. The Kier molecular flexibility index (Phi) is 4.98. The first-order valence-electron chi connectivity index (χ1n) is 8.68. The van der Waals surface area contributed by atoms with E-state index in [1.54, 1.807) is 24.3 Å². The van der Waals surface area contributed by atoms with Crippen molar-refractivity contribution >= 4 is 27.0 Å². The largest absolute Gasteiger partial charge is 0.497 e. The van der Waals surface area contributed by atoms with Gasteiger partial charge < -0.3 is 13.9 Å². The number of rotatable bonds is 7. The summed E-state index contributed by atoms with van der Waals surface area (Å²) >= 11 is 1.07. The number of nitrogens with zero attached hydrogens (tertiary/aromatic N) is 2. The molecule has 4 rings (SSSR count). The van der Waals surface area contributed by atoms with Gasteiger partial charge in [-0.25, -0.2) is 8.42 Å². The van der Waals surface area contributed by atoms with Crippen molar-refractivity contribution in [3.05, 3.63) is 36.2 Å². The predicted octanol–water partition coefficient (Wildman–Crippen LogP) is 3.88. The maximum Gasteiger partial charge on any atom is 0.271 e. The van der Waals surface area contributed by atoms with Crippen LogP contribution in [0.4, 0.5) is 5.69 Å². The summed E-state index contributed by atoms with van der Waals surface area (Å²) in [4.78, 5) is 0.613. The van der Waals surface area contributed by atoms with Gasteiger partial charge in [0.15, 0.2) is 0 Å². The summed E-state index contributed by atoms with van der Waals surface area (Å²) in [5, 5.41) is 8.15. The van der Waals surface area contributed by atoms with Crippen LogP contribution in [0.15, 0.2) is 39.0 Å². The van der Waals surface area contributed by atoms with Crippen molar-refractivity contribution in [3.63, 3.8) is 0 Å². The third-order valence-corrected chi connectivity index (χ3v) is 7.50. The van der Waals surface area contributed by atoms with Crippen LogP contribution in [-0.4, -0.2) is 32.8 Å². The highest BCUT2D eigenvalue weighted by molar-refractivity contribution is 7.94. The van der Waals surface area contributed by atoms with Crippen LogP contribution < -0.4 is 14.2 Å². The molecule has 2 aromatic heterocycles. The second kappa shape index (κ2) is 7.44. The lowest BCUT2D eigenvalue weighted by atomic mass is 9.85. The van der Waals surface area contributed by atoms with Crippen LogP contribution in [0.3, 0.4) is 0 Å². The number of nitrogens with one attached hydrogen (secondary N) is 1. The number of benzene rings is 1. The fourth-order valence-corrected chi connectivity index (χ4v) is 5.07. The molecule has 1 N–H and O–H groups in total. The molecular weight excluding hydrogens is 402 g/mol. The summed E-state index contributed by atoms with van der Waals surface area (Å²) in [6, 6.07) is 8.02. The number of sulfonamides is 1. The Hall–Kier alpha value is -2.59. The molecule has 10 heteroatoms. The minimum Gasteiger partial charge on any atom is -0.497 e.